The van der Waals surface area contributed by atoms with Gasteiger partial charge in [0.25, 0.3) is 0 Å². The van der Waals surface area contributed by atoms with Crippen LogP contribution in [-0.2, 0) is 16.0 Å². The lowest BCUT2D eigenvalue weighted by Crippen LogP contribution is -2.54. The van der Waals surface area contributed by atoms with Crippen molar-refractivity contribution < 1.29 is 14.6 Å². The topological polar surface area (TPSA) is 58.6 Å². The number of nitrogens with one attached hydrogen (secondary N) is 1. The Hall–Kier alpha value is -1.55. The molecule has 2 aliphatic rings. The fourth-order valence-corrected chi connectivity index (χ4v) is 4.00. The van der Waals surface area contributed by atoms with Crippen molar-refractivity contribution in [2.45, 2.75) is 57.1 Å². The van der Waals surface area contributed by atoms with E-state index in [2.05, 4.69) is 30.4 Å². The SMILES string of the molecule is CCc1cccc2c1NC1C2CCOC1(CC)CC(=O)O. The van der Waals surface area contributed by atoms with Gasteiger partial charge in [-0.05, 0) is 30.4 Å². The lowest BCUT2D eigenvalue weighted by Gasteiger charge is -2.44. The Bertz CT molecular complexity index is 557. The van der Waals surface area contributed by atoms with Crippen molar-refractivity contribution >= 4 is 11.7 Å². The number of para-hydroxylation sites is 1. The lowest BCUT2D eigenvalue weighted by atomic mass is 9.76. The number of hydrogen-bond acceptors (Lipinski definition) is 3. The van der Waals surface area contributed by atoms with E-state index in [1.807, 2.05) is 6.92 Å². The van der Waals surface area contributed by atoms with Crippen molar-refractivity contribution in [2.75, 3.05) is 11.9 Å². The van der Waals surface area contributed by atoms with Crippen molar-refractivity contribution in [1.82, 2.24) is 0 Å². The summed E-state index contributed by atoms with van der Waals surface area (Å²) in [5, 5.41) is 12.9. The van der Waals surface area contributed by atoms with E-state index in [4.69, 9.17) is 4.74 Å². The number of anilines is 1. The molecule has 1 fully saturated rings. The van der Waals surface area contributed by atoms with E-state index in [1.165, 1.54) is 16.8 Å². The number of ether oxygens (including phenoxy) is 1. The van der Waals surface area contributed by atoms with E-state index in [1.54, 1.807) is 0 Å². The third-order valence-electron chi connectivity index (χ3n) is 5.10. The summed E-state index contributed by atoms with van der Waals surface area (Å²) in [6.45, 7) is 4.82. The summed E-state index contributed by atoms with van der Waals surface area (Å²) in [6, 6.07) is 6.50. The standard InChI is InChI=1S/C17H23NO3/c1-3-11-6-5-7-12-13-8-9-21-17(4-2,10-14(19)20)16(13)18-15(11)12/h5-7,13,16,18H,3-4,8-10H2,1-2H3,(H,19,20). The number of aliphatic carboxylic acids is 1. The number of carboxylic acid groups (broad SMARTS) is 1. The van der Waals surface area contributed by atoms with Gasteiger partial charge in [0, 0.05) is 18.2 Å². The van der Waals surface area contributed by atoms with Gasteiger partial charge in [-0.25, -0.2) is 0 Å². The van der Waals surface area contributed by atoms with Gasteiger partial charge in [-0.15, -0.1) is 0 Å². The molecule has 1 aromatic carbocycles. The Morgan fingerprint density at radius 1 is 1.48 bits per heavy atom. The summed E-state index contributed by atoms with van der Waals surface area (Å²) >= 11 is 0. The molecule has 3 atom stereocenters. The van der Waals surface area contributed by atoms with Crippen LogP contribution in [-0.4, -0.2) is 29.3 Å². The molecule has 4 nitrogen and oxygen atoms in total. The van der Waals surface area contributed by atoms with Crippen LogP contribution in [0.3, 0.4) is 0 Å². The van der Waals surface area contributed by atoms with Gasteiger partial charge in [-0.3, -0.25) is 4.79 Å². The maximum absolute atomic E-state index is 11.3. The molecule has 2 aliphatic heterocycles. The van der Waals surface area contributed by atoms with Crippen LogP contribution in [0.25, 0.3) is 0 Å². The first-order chi connectivity index (χ1) is 10.1. The van der Waals surface area contributed by atoms with Gasteiger partial charge in [0.1, 0.15) is 0 Å². The second-order valence-corrected chi connectivity index (χ2v) is 6.09. The summed E-state index contributed by atoms with van der Waals surface area (Å²) in [5.41, 5.74) is 3.26. The maximum Gasteiger partial charge on any atom is 0.306 e. The largest absolute Gasteiger partial charge is 0.481 e. The molecule has 3 unspecified atom stereocenters. The van der Waals surface area contributed by atoms with Crippen LogP contribution in [0.4, 0.5) is 5.69 Å². The van der Waals surface area contributed by atoms with E-state index in [0.29, 0.717) is 18.9 Å². The first kappa shape index (κ1) is 14.4. The monoisotopic (exact) mass is 289 g/mol. The fourth-order valence-electron chi connectivity index (χ4n) is 4.00. The van der Waals surface area contributed by atoms with E-state index < -0.39 is 11.6 Å². The van der Waals surface area contributed by atoms with Gasteiger partial charge in [0.15, 0.2) is 0 Å². The summed E-state index contributed by atoms with van der Waals surface area (Å²) in [6.07, 6.45) is 2.71. The minimum Gasteiger partial charge on any atom is -0.481 e. The number of benzene rings is 1. The van der Waals surface area contributed by atoms with Gasteiger partial charge in [-0.1, -0.05) is 32.0 Å². The van der Waals surface area contributed by atoms with Crippen LogP contribution < -0.4 is 5.32 Å². The third kappa shape index (κ3) is 2.22. The van der Waals surface area contributed by atoms with Crippen molar-refractivity contribution in [1.29, 1.82) is 0 Å². The Labute approximate surface area is 125 Å². The molecule has 2 N–H and O–H groups in total. The molecule has 0 amide bonds. The lowest BCUT2D eigenvalue weighted by molar-refractivity contribution is -0.152. The normalized spacial score (nSPS) is 30.4. The Morgan fingerprint density at radius 3 is 2.95 bits per heavy atom. The number of aryl methyl sites for hydroxylation is 1. The van der Waals surface area contributed by atoms with Crippen LogP contribution in [0.5, 0.6) is 0 Å². The number of hydrogen-bond donors (Lipinski definition) is 2. The molecule has 2 heterocycles. The van der Waals surface area contributed by atoms with E-state index in [-0.39, 0.29) is 12.5 Å². The van der Waals surface area contributed by atoms with Gasteiger partial charge >= 0.3 is 5.97 Å². The fraction of sp³-hybridized carbons (Fsp3) is 0.588. The van der Waals surface area contributed by atoms with Crippen LogP contribution in [0.15, 0.2) is 18.2 Å². The smallest absolute Gasteiger partial charge is 0.306 e. The number of rotatable bonds is 4. The average molecular weight is 289 g/mol. The van der Waals surface area contributed by atoms with E-state index >= 15 is 0 Å². The quantitative estimate of drug-likeness (QED) is 0.894. The van der Waals surface area contributed by atoms with Gasteiger partial charge in [-0.2, -0.15) is 0 Å². The molecule has 1 saturated heterocycles. The summed E-state index contributed by atoms with van der Waals surface area (Å²) in [4.78, 5) is 11.3. The van der Waals surface area contributed by atoms with E-state index in [0.717, 1.165) is 12.8 Å². The predicted molar refractivity (Wildman–Crippen MR) is 81.8 cm³/mol. The molecule has 0 radical (unpaired) electrons. The van der Waals surface area contributed by atoms with Gasteiger partial charge in [0.05, 0.1) is 18.1 Å². The van der Waals surface area contributed by atoms with Crippen molar-refractivity contribution in [3.63, 3.8) is 0 Å². The molecule has 3 rings (SSSR count). The zero-order valence-corrected chi connectivity index (χ0v) is 12.7. The highest BCUT2D eigenvalue weighted by Gasteiger charge is 2.51. The average Bonchev–Trinajstić information content (AvgIpc) is 2.87. The second-order valence-electron chi connectivity index (χ2n) is 6.09. The second kappa shape index (κ2) is 5.34. The molecular formula is C17H23NO3. The minimum absolute atomic E-state index is 0.0626. The number of carboxylic acids is 1. The van der Waals surface area contributed by atoms with Crippen LogP contribution >= 0.6 is 0 Å². The van der Waals surface area contributed by atoms with Crippen molar-refractivity contribution in [2.24, 2.45) is 0 Å². The van der Waals surface area contributed by atoms with Gasteiger partial charge in [0.2, 0.25) is 0 Å². The number of fused-ring (bicyclic) bond motifs is 3. The summed E-state index contributed by atoms with van der Waals surface area (Å²) in [7, 11) is 0. The first-order valence-corrected chi connectivity index (χ1v) is 7.85. The molecule has 0 saturated carbocycles. The third-order valence-corrected chi connectivity index (χ3v) is 5.10. The van der Waals surface area contributed by atoms with E-state index in [9.17, 15) is 9.90 Å². The highest BCUT2D eigenvalue weighted by molar-refractivity contribution is 5.70. The highest BCUT2D eigenvalue weighted by atomic mass is 16.5. The van der Waals surface area contributed by atoms with Crippen LogP contribution in [0.1, 0.15) is 50.2 Å². The molecular weight excluding hydrogens is 266 g/mol. The molecule has 114 valence electrons. The summed E-state index contributed by atoms with van der Waals surface area (Å²) < 4.78 is 6.00. The number of carbonyl (C=O) groups is 1. The van der Waals surface area contributed by atoms with Crippen molar-refractivity contribution in [3.8, 4) is 0 Å². The summed E-state index contributed by atoms with van der Waals surface area (Å²) in [5.74, 6) is -0.425. The molecule has 4 heteroatoms. The van der Waals surface area contributed by atoms with Crippen LogP contribution in [0.2, 0.25) is 0 Å². The Morgan fingerprint density at radius 2 is 2.29 bits per heavy atom. The van der Waals surface area contributed by atoms with Crippen molar-refractivity contribution in [3.05, 3.63) is 29.3 Å². The minimum atomic E-state index is -0.786. The Kier molecular flexibility index (Phi) is 3.66. The molecule has 0 bridgehead atoms. The highest BCUT2D eigenvalue weighted by Crippen LogP contribution is 2.49. The maximum atomic E-state index is 11.3. The predicted octanol–water partition coefficient (Wildman–Crippen LogP) is 3.17. The van der Waals surface area contributed by atoms with Gasteiger partial charge < -0.3 is 15.2 Å². The molecule has 0 aromatic heterocycles. The molecule has 21 heavy (non-hydrogen) atoms. The van der Waals surface area contributed by atoms with Crippen LogP contribution in [0, 0.1) is 0 Å². The first-order valence-electron chi connectivity index (χ1n) is 7.85. The zero-order valence-electron chi connectivity index (χ0n) is 12.7. The zero-order chi connectivity index (χ0) is 15.0. The Balaban J connectivity index is 2.00. The molecule has 0 spiro atoms. The molecule has 0 aliphatic carbocycles. The molecule has 1 aromatic rings.